The molecule has 2 aromatic rings. The van der Waals surface area contributed by atoms with Crippen molar-refractivity contribution in [1.29, 1.82) is 0 Å². The lowest BCUT2D eigenvalue weighted by atomic mass is 9.85. The van der Waals surface area contributed by atoms with Gasteiger partial charge in [-0.25, -0.2) is 11.6 Å². The van der Waals surface area contributed by atoms with Gasteiger partial charge in [-0.1, -0.05) is 65.8 Å². The molecule has 2 heterocycles. The summed E-state index contributed by atoms with van der Waals surface area (Å²) in [4.78, 5) is 64.1. The van der Waals surface area contributed by atoms with Crippen LogP contribution in [-0.2, 0) is 19.2 Å². The van der Waals surface area contributed by atoms with Crippen LogP contribution < -0.4 is 10.6 Å². The highest BCUT2D eigenvalue weighted by molar-refractivity contribution is 7.13. The molecule has 0 radical (unpaired) electrons. The third-order valence-electron chi connectivity index (χ3n) is 8.48. The Morgan fingerprint density at radius 3 is 2.25 bits per heavy atom. The maximum absolute atomic E-state index is 14.0. The van der Waals surface area contributed by atoms with E-state index >= 15 is 0 Å². The Balaban J connectivity index is 1.58. The number of carbonyl (C=O) groups excluding carboxylic acids is 4. The first-order valence-corrected chi connectivity index (χ1v) is 15.9. The molecule has 11 heteroatoms. The molecule has 0 spiro atoms. The highest BCUT2D eigenvalue weighted by Gasteiger charge is 2.59. The number of thiazole rings is 1. The van der Waals surface area contributed by atoms with E-state index in [0.29, 0.717) is 12.8 Å². The normalized spacial score (nSPS) is 20.8. The number of hydrogen-bond acceptors (Lipinski definition) is 7. The van der Waals surface area contributed by atoms with Crippen molar-refractivity contribution in [3.8, 4) is 10.4 Å². The van der Waals surface area contributed by atoms with Crippen LogP contribution in [0.15, 0.2) is 29.8 Å². The Bertz CT molecular complexity index is 1460. The Morgan fingerprint density at radius 2 is 1.75 bits per heavy atom. The van der Waals surface area contributed by atoms with Crippen molar-refractivity contribution in [2.45, 2.75) is 104 Å². The Kier molecular flexibility index (Phi) is 9.38. The van der Waals surface area contributed by atoms with Crippen LogP contribution in [-0.4, -0.2) is 68.8 Å². The van der Waals surface area contributed by atoms with E-state index < -0.39 is 58.3 Å². The highest BCUT2D eigenvalue weighted by atomic mass is 32.1. The van der Waals surface area contributed by atoms with E-state index in [1.165, 1.54) is 16.2 Å². The summed E-state index contributed by atoms with van der Waals surface area (Å²) in [6, 6.07) is 5.00. The number of rotatable bonds is 9. The van der Waals surface area contributed by atoms with Crippen LogP contribution in [0.3, 0.4) is 0 Å². The van der Waals surface area contributed by atoms with Crippen molar-refractivity contribution < 1.29 is 24.3 Å². The number of likely N-dealkylation sites (tertiary alicyclic amines) is 1. The Labute approximate surface area is 263 Å². The lowest BCUT2D eigenvalue weighted by molar-refractivity contribution is -0.144. The number of amides is 3. The lowest BCUT2D eigenvalue weighted by Crippen LogP contribution is -2.59. The second-order valence-electron chi connectivity index (χ2n) is 14.1. The fourth-order valence-corrected chi connectivity index (χ4v) is 6.16. The van der Waals surface area contributed by atoms with Gasteiger partial charge in [-0.3, -0.25) is 24.0 Å². The molecular formula is C33H43N5O5S. The number of Topliss-reactive ketones (excluding diaryl/α,β-unsaturated/α-hetero) is 1. The van der Waals surface area contributed by atoms with Gasteiger partial charge in [0.2, 0.25) is 11.8 Å². The number of aromatic nitrogens is 1. The summed E-state index contributed by atoms with van der Waals surface area (Å²) in [5, 5.41) is 16.4. The van der Waals surface area contributed by atoms with Crippen LogP contribution in [0.1, 0.15) is 84.5 Å². The van der Waals surface area contributed by atoms with Gasteiger partial charge in [-0.05, 0) is 23.5 Å². The monoisotopic (exact) mass is 621 g/mol. The summed E-state index contributed by atoms with van der Waals surface area (Å²) in [6.45, 7) is 20.2. The van der Waals surface area contributed by atoms with Gasteiger partial charge in [-0.15, -0.1) is 11.3 Å². The van der Waals surface area contributed by atoms with Crippen LogP contribution in [0.25, 0.3) is 15.3 Å². The van der Waals surface area contributed by atoms with Gasteiger partial charge in [0.05, 0.1) is 28.2 Å². The van der Waals surface area contributed by atoms with Crippen LogP contribution in [0.4, 0.5) is 0 Å². The highest BCUT2D eigenvalue weighted by Crippen LogP contribution is 2.40. The largest absolute Gasteiger partial charge is 0.391 e. The molecule has 1 saturated carbocycles. The molecule has 4 rings (SSSR count). The van der Waals surface area contributed by atoms with E-state index in [9.17, 15) is 24.3 Å². The van der Waals surface area contributed by atoms with Crippen LogP contribution in [0.2, 0.25) is 0 Å². The van der Waals surface area contributed by atoms with Gasteiger partial charge in [0.25, 0.3) is 0 Å². The summed E-state index contributed by atoms with van der Waals surface area (Å²) >= 11 is 1.54. The number of aliphatic hydroxyl groups excluding tert-OH is 1. The Hall–Kier alpha value is -3.62. The standard InChI is InChI=1S/C33H43N5O5S/c1-19-26(44-18-35-19)21-11-9-20(10-12-21)23(16-25(40)31(2,3)4)36-28(41)24-15-22(39)17-38(24)29(42)27(32(5,6)7)37-30(43)33(34-8)13-14-33/h9-12,18,22-24,27,39H,13-17H2,1-7H3,(H,36,41)(H,37,43)/t22-,23+,24+,27-/m1/s1. The molecular weight excluding hydrogens is 578 g/mol. The van der Waals surface area contributed by atoms with Gasteiger partial charge in [0.1, 0.15) is 17.9 Å². The first-order chi connectivity index (χ1) is 20.5. The molecule has 3 N–H and O–H groups in total. The molecule has 0 unspecified atom stereocenters. The molecule has 44 heavy (non-hydrogen) atoms. The zero-order chi connectivity index (χ0) is 32.6. The molecule has 1 aliphatic heterocycles. The van der Waals surface area contributed by atoms with Crippen LogP contribution in [0.5, 0.6) is 0 Å². The molecule has 1 saturated heterocycles. The maximum Gasteiger partial charge on any atom is 0.309 e. The van der Waals surface area contributed by atoms with Gasteiger partial charge in [-0.2, -0.15) is 0 Å². The van der Waals surface area contributed by atoms with E-state index in [4.69, 9.17) is 6.57 Å². The lowest BCUT2D eigenvalue weighted by Gasteiger charge is -2.35. The van der Waals surface area contributed by atoms with Gasteiger partial charge < -0.3 is 20.6 Å². The number of carbonyl (C=O) groups is 4. The molecule has 1 aromatic heterocycles. The molecule has 236 valence electrons. The zero-order valence-corrected chi connectivity index (χ0v) is 27.4. The van der Waals surface area contributed by atoms with Crippen molar-refractivity contribution in [1.82, 2.24) is 20.5 Å². The first-order valence-electron chi connectivity index (χ1n) is 15.0. The van der Waals surface area contributed by atoms with E-state index in [1.807, 2.05) is 52.0 Å². The Morgan fingerprint density at radius 1 is 1.11 bits per heavy atom. The van der Waals surface area contributed by atoms with Gasteiger partial charge in [0.15, 0.2) is 0 Å². The first kappa shape index (κ1) is 33.3. The summed E-state index contributed by atoms with van der Waals surface area (Å²) in [5.74, 6) is -1.49. The van der Waals surface area contributed by atoms with Crippen LogP contribution in [0, 0.1) is 24.3 Å². The molecule has 4 atom stereocenters. The molecule has 0 bridgehead atoms. The molecule has 1 aliphatic carbocycles. The third-order valence-corrected chi connectivity index (χ3v) is 9.45. The predicted octanol–water partition coefficient (Wildman–Crippen LogP) is 4.23. The van der Waals surface area contributed by atoms with Crippen molar-refractivity contribution in [2.75, 3.05) is 6.54 Å². The number of benzene rings is 1. The number of ketones is 1. The van der Waals surface area contributed by atoms with E-state index in [1.54, 1.807) is 26.3 Å². The fraction of sp³-hybridized carbons (Fsp3) is 0.576. The molecule has 2 fully saturated rings. The van der Waals surface area contributed by atoms with Crippen molar-refractivity contribution in [2.24, 2.45) is 10.8 Å². The number of aliphatic hydroxyl groups is 1. The number of β-amino-alcohol motifs (C(OH)–C–C–N with tert-alkyl or cyclic N) is 1. The topological polar surface area (TPSA) is 133 Å². The second-order valence-corrected chi connectivity index (χ2v) is 15.0. The predicted molar refractivity (Wildman–Crippen MR) is 168 cm³/mol. The molecule has 2 aliphatic rings. The number of hydrogen-bond donors (Lipinski definition) is 3. The van der Waals surface area contributed by atoms with Gasteiger partial charge >= 0.3 is 11.4 Å². The summed E-state index contributed by atoms with van der Waals surface area (Å²) in [6.07, 6.45) is 0.0376. The molecule has 1 aromatic carbocycles. The van der Waals surface area contributed by atoms with Crippen LogP contribution >= 0.6 is 11.3 Å². The summed E-state index contributed by atoms with van der Waals surface area (Å²) < 4.78 is 0. The van der Waals surface area contributed by atoms with E-state index in [-0.39, 0.29) is 25.2 Å². The fourth-order valence-electron chi connectivity index (χ4n) is 5.35. The smallest absolute Gasteiger partial charge is 0.309 e. The zero-order valence-electron chi connectivity index (χ0n) is 26.6. The minimum atomic E-state index is -1.13. The minimum absolute atomic E-state index is 0.0257. The maximum atomic E-state index is 14.0. The quantitative estimate of drug-likeness (QED) is 0.359. The van der Waals surface area contributed by atoms with Crippen molar-refractivity contribution in [3.63, 3.8) is 0 Å². The van der Waals surface area contributed by atoms with Crippen molar-refractivity contribution >= 4 is 34.8 Å². The number of nitrogens with one attached hydrogen (secondary N) is 2. The average Bonchev–Trinajstić information content (AvgIpc) is 3.48. The summed E-state index contributed by atoms with van der Waals surface area (Å²) in [7, 11) is 0. The number of nitrogens with zero attached hydrogens (tertiary/aromatic N) is 3. The number of aryl methyl sites for hydroxylation is 1. The third kappa shape index (κ3) is 7.19. The average molecular weight is 622 g/mol. The van der Waals surface area contributed by atoms with E-state index in [0.717, 1.165) is 21.7 Å². The molecule has 3 amide bonds. The van der Waals surface area contributed by atoms with Gasteiger partial charge in [0, 0.05) is 37.6 Å². The summed E-state index contributed by atoms with van der Waals surface area (Å²) in [5.41, 5.74) is 1.95. The van der Waals surface area contributed by atoms with E-state index in [2.05, 4.69) is 20.5 Å². The molecule has 10 nitrogen and oxygen atoms in total. The second kappa shape index (κ2) is 12.4. The van der Waals surface area contributed by atoms with Crippen molar-refractivity contribution in [3.05, 3.63) is 52.5 Å². The minimum Gasteiger partial charge on any atom is -0.391 e. The SMILES string of the molecule is [C-]#[N+]C1(C(=O)N[C@H](C(=O)N2C[C@H](O)C[C@H]2C(=O)N[C@@H](CC(=O)C(C)(C)C)c2ccc(-c3scnc3C)cc2)C(C)(C)C)CC1.